The van der Waals surface area contributed by atoms with Crippen molar-refractivity contribution in [1.82, 2.24) is 0 Å². The normalized spacial score (nSPS) is 28.8. The van der Waals surface area contributed by atoms with E-state index in [2.05, 4.69) is 4.74 Å². The fourth-order valence-corrected chi connectivity index (χ4v) is 1.95. The van der Waals surface area contributed by atoms with E-state index in [9.17, 15) is 18.0 Å². The fraction of sp³-hybridized carbons (Fsp3) is 0.700. The van der Waals surface area contributed by atoms with Gasteiger partial charge in [-0.3, -0.25) is 4.79 Å². The smallest absolute Gasteiger partial charge is 0.426 e. The number of ether oxygens (including phenoxy) is 1. The minimum absolute atomic E-state index is 0.502. The fourth-order valence-electron chi connectivity index (χ4n) is 1.82. The summed E-state index contributed by atoms with van der Waals surface area (Å²) >= 11 is 5.12. The van der Waals surface area contributed by atoms with Crippen LogP contribution in [0.15, 0.2) is 11.1 Å². The Labute approximate surface area is 96.4 Å². The third kappa shape index (κ3) is 2.34. The molecule has 0 aliphatic heterocycles. The first kappa shape index (κ1) is 13.4. The summed E-state index contributed by atoms with van der Waals surface area (Å²) in [4.78, 5) is 11.3. The average Bonchev–Trinajstić information content (AvgIpc) is 2.65. The first-order valence-electron chi connectivity index (χ1n) is 4.64. The molecule has 0 amide bonds. The molecule has 1 aliphatic rings. The zero-order valence-corrected chi connectivity index (χ0v) is 9.82. The molecule has 0 bridgehead atoms. The number of alkyl halides is 3. The van der Waals surface area contributed by atoms with Crippen molar-refractivity contribution in [3.8, 4) is 0 Å². The Balaban J connectivity index is 2.83. The summed E-state index contributed by atoms with van der Waals surface area (Å²) < 4.78 is 41.1. The number of allylic oxidation sites excluding steroid dienone is 2. The number of esters is 1. The van der Waals surface area contributed by atoms with E-state index < -0.39 is 34.4 Å². The van der Waals surface area contributed by atoms with Gasteiger partial charge in [0.05, 0.1) is 13.0 Å². The number of hydrogen-bond acceptors (Lipinski definition) is 2. The van der Waals surface area contributed by atoms with E-state index in [-0.39, 0.29) is 0 Å². The standard InChI is InChI=1S/C10H12ClF3O2/c1-9(2)5(7(9)8(15)16-3)4-6(11)10(12,13)14/h4-5,7H,1-3H3/t5-,7-/m1/s1. The molecule has 0 aromatic rings. The molecule has 2 atom stereocenters. The van der Waals surface area contributed by atoms with E-state index in [1.807, 2.05) is 0 Å². The van der Waals surface area contributed by atoms with Crippen LogP contribution in [0.25, 0.3) is 0 Å². The summed E-state index contributed by atoms with van der Waals surface area (Å²) in [7, 11) is 1.21. The third-order valence-electron chi connectivity index (χ3n) is 2.96. The summed E-state index contributed by atoms with van der Waals surface area (Å²) in [5.74, 6) is -1.57. The van der Waals surface area contributed by atoms with Gasteiger partial charge in [0.15, 0.2) is 0 Å². The molecule has 1 fully saturated rings. The third-order valence-corrected chi connectivity index (χ3v) is 3.30. The average molecular weight is 257 g/mol. The maximum Gasteiger partial charge on any atom is 0.426 e. The highest BCUT2D eigenvalue weighted by Gasteiger charge is 2.62. The van der Waals surface area contributed by atoms with Crippen molar-refractivity contribution in [3.63, 3.8) is 0 Å². The second-order valence-corrected chi connectivity index (χ2v) is 4.77. The van der Waals surface area contributed by atoms with Crippen LogP contribution in [0.2, 0.25) is 0 Å². The Kier molecular flexibility index (Phi) is 3.29. The Morgan fingerprint density at radius 1 is 1.44 bits per heavy atom. The van der Waals surface area contributed by atoms with E-state index >= 15 is 0 Å². The first-order valence-corrected chi connectivity index (χ1v) is 5.02. The predicted molar refractivity (Wildman–Crippen MR) is 52.8 cm³/mol. The Morgan fingerprint density at radius 3 is 2.31 bits per heavy atom. The minimum atomic E-state index is -4.55. The molecule has 1 aliphatic carbocycles. The summed E-state index contributed by atoms with van der Waals surface area (Å²) in [5, 5.41) is -1.18. The van der Waals surface area contributed by atoms with E-state index in [1.54, 1.807) is 13.8 Å². The molecule has 2 nitrogen and oxygen atoms in total. The molecule has 0 spiro atoms. The number of hydrogen-bond donors (Lipinski definition) is 0. The molecule has 1 rings (SSSR count). The van der Waals surface area contributed by atoms with E-state index in [0.29, 0.717) is 0 Å². The maximum atomic E-state index is 12.2. The second-order valence-electron chi connectivity index (χ2n) is 4.36. The molecular formula is C10H12ClF3O2. The highest BCUT2D eigenvalue weighted by molar-refractivity contribution is 6.30. The molecule has 0 aromatic carbocycles. The van der Waals surface area contributed by atoms with Gasteiger partial charge in [-0.05, 0) is 11.3 Å². The van der Waals surface area contributed by atoms with Crippen LogP contribution >= 0.6 is 11.6 Å². The molecule has 16 heavy (non-hydrogen) atoms. The maximum absolute atomic E-state index is 12.2. The Hall–Kier alpha value is -0.710. The molecule has 1 saturated carbocycles. The number of methoxy groups -OCH3 is 1. The van der Waals surface area contributed by atoms with Gasteiger partial charge >= 0.3 is 12.1 Å². The Morgan fingerprint density at radius 2 is 1.94 bits per heavy atom. The first-order chi connectivity index (χ1) is 7.12. The quantitative estimate of drug-likeness (QED) is 0.710. The van der Waals surface area contributed by atoms with Crippen molar-refractivity contribution in [1.29, 1.82) is 0 Å². The van der Waals surface area contributed by atoms with Crippen molar-refractivity contribution in [2.45, 2.75) is 20.0 Å². The number of halogens is 4. The minimum Gasteiger partial charge on any atom is -0.469 e. The number of carbonyl (C=O) groups is 1. The van der Waals surface area contributed by atoms with Gasteiger partial charge in [0.25, 0.3) is 0 Å². The molecule has 0 heterocycles. The number of rotatable bonds is 2. The van der Waals surface area contributed by atoms with Gasteiger partial charge in [-0.2, -0.15) is 13.2 Å². The van der Waals surface area contributed by atoms with Crippen LogP contribution in [-0.2, 0) is 9.53 Å². The van der Waals surface area contributed by atoms with Crippen LogP contribution in [0.3, 0.4) is 0 Å². The van der Waals surface area contributed by atoms with Crippen LogP contribution in [-0.4, -0.2) is 19.3 Å². The van der Waals surface area contributed by atoms with Gasteiger partial charge in [-0.25, -0.2) is 0 Å². The summed E-state index contributed by atoms with van der Waals surface area (Å²) in [5.41, 5.74) is -0.529. The van der Waals surface area contributed by atoms with Crippen molar-refractivity contribution in [2.24, 2.45) is 17.3 Å². The van der Waals surface area contributed by atoms with Crippen molar-refractivity contribution in [2.75, 3.05) is 7.11 Å². The lowest BCUT2D eigenvalue weighted by atomic mass is 10.1. The van der Waals surface area contributed by atoms with Gasteiger partial charge in [-0.1, -0.05) is 31.5 Å². The SMILES string of the molecule is COC(=O)[C@H]1[C@@H](C=C(Cl)C(F)(F)F)C1(C)C. The number of carbonyl (C=O) groups excluding carboxylic acids is 1. The molecule has 0 aromatic heterocycles. The predicted octanol–water partition coefficient (Wildman–Crippen LogP) is 3.12. The molecule has 92 valence electrons. The molecule has 0 saturated heterocycles. The van der Waals surface area contributed by atoms with Crippen LogP contribution in [0.5, 0.6) is 0 Å². The van der Waals surface area contributed by atoms with Gasteiger partial charge in [0.2, 0.25) is 0 Å². The molecule has 6 heteroatoms. The second kappa shape index (κ2) is 3.95. The highest BCUT2D eigenvalue weighted by Crippen LogP contribution is 2.60. The van der Waals surface area contributed by atoms with Gasteiger partial charge in [0, 0.05) is 0 Å². The van der Waals surface area contributed by atoms with Crippen LogP contribution in [0, 0.1) is 17.3 Å². The van der Waals surface area contributed by atoms with Gasteiger partial charge in [-0.15, -0.1) is 0 Å². The Bertz CT molecular complexity index is 333. The largest absolute Gasteiger partial charge is 0.469 e. The summed E-state index contributed by atoms with van der Waals surface area (Å²) in [6.45, 7) is 3.41. The molecular weight excluding hydrogens is 245 g/mol. The van der Waals surface area contributed by atoms with Crippen molar-refractivity contribution >= 4 is 17.6 Å². The van der Waals surface area contributed by atoms with Crippen molar-refractivity contribution < 1.29 is 22.7 Å². The van der Waals surface area contributed by atoms with Gasteiger partial charge < -0.3 is 4.74 Å². The van der Waals surface area contributed by atoms with E-state index in [4.69, 9.17) is 11.6 Å². The molecule has 0 radical (unpaired) electrons. The lowest BCUT2D eigenvalue weighted by Gasteiger charge is -2.04. The van der Waals surface area contributed by atoms with E-state index in [1.165, 1.54) is 7.11 Å². The highest BCUT2D eigenvalue weighted by atomic mass is 35.5. The zero-order valence-electron chi connectivity index (χ0n) is 9.06. The van der Waals surface area contributed by atoms with E-state index in [0.717, 1.165) is 6.08 Å². The lowest BCUT2D eigenvalue weighted by molar-refractivity contribution is -0.143. The monoisotopic (exact) mass is 256 g/mol. The molecule has 0 N–H and O–H groups in total. The topological polar surface area (TPSA) is 26.3 Å². The molecule has 0 unspecified atom stereocenters. The van der Waals surface area contributed by atoms with Crippen molar-refractivity contribution in [3.05, 3.63) is 11.1 Å². The summed E-state index contributed by atoms with van der Waals surface area (Å²) in [6, 6.07) is 0. The van der Waals surface area contributed by atoms with Crippen LogP contribution < -0.4 is 0 Å². The lowest BCUT2D eigenvalue weighted by Crippen LogP contribution is -2.08. The van der Waals surface area contributed by atoms with Gasteiger partial charge in [0.1, 0.15) is 5.03 Å². The van der Waals surface area contributed by atoms with Crippen LogP contribution in [0.1, 0.15) is 13.8 Å². The van der Waals surface area contributed by atoms with Crippen LogP contribution in [0.4, 0.5) is 13.2 Å². The summed E-state index contributed by atoms with van der Waals surface area (Å²) in [6.07, 6.45) is -3.66. The zero-order chi connectivity index (χ0) is 12.7.